The van der Waals surface area contributed by atoms with Crippen LogP contribution >= 0.6 is 0 Å². The summed E-state index contributed by atoms with van der Waals surface area (Å²) in [6.07, 6.45) is 0.584. The second-order valence-corrected chi connectivity index (χ2v) is 5.03. The fourth-order valence-electron chi connectivity index (χ4n) is 2.53. The molecular formula is C13H21F3O. The highest BCUT2D eigenvalue weighted by atomic mass is 19.4. The lowest BCUT2D eigenvalue weighted by Gasteiger charge is -2.29. The van der Waals surface area contributed by atoms with Gasteiger partial charge in [-0.25, -0.2) is 0 Å². The van der Waals surface area contributed by atoms with Crippen LogP contribution in [0.5, 0.6) is 0 Å². The molecule has 17 heavy (non-hydrogen) atoms. The van der Waals surface area contributed by atoms with Crippen molar-refractivity contribution < 1.29 is 18.0 Å². The van der Waals surface area contributed by atoms with E-state index in [0.717, 1.165) is 19.3 Å². The van der Waals surface area contributed by atoms with Crippen LogP contribution in [0.15, 0.2) is 0 Å². The van der Waals surface area contributed by atoms with Gasteiger partial charge >= 0.3 is 6.18 Å². The molecule has 0 aromatic rings. The minimum absolute atomic E-state index is 0.0223. The lowest BCUT2D eigenvalue weighted by molar-refractivity contribution is -0.186. The molecule has 0 saturated heterocycles. The number of hydrogen-bond donors (Lipinski definition) is 0. The molecule has 0 heterocycles. The Morgan fingerprint density at radius 1 is 1.24 bits per heavy atom. The second-order valence-electron chi connectivity index (χ2n) is 5.03. The number of rotatable bonds is 5. The first-order chi connectivity index (χ1) is 7.95. The molecule has 1 aliphatic rings. The van der Waals surface area contributed by atoms with Crippen molar-refractivity contribution in [3.05, 3.63) is 0 Å². The Morgan fingerprint density at radius 2 is 1.94 bits per heavy atom. The van der Waals surface area contributed by atoms with Gasteiger partial charge < -0.3 is 0 Å². The predicted octanol–water partition coefficient (Wildman–Crippen LogP) is 4.50. The zero-order valence-corrected chi connectivity index (χ0v) is 10.4. The average molecular weight is 250 g/mol. The molecule has 100 valence electrons. The molecule has 1 fully saturated rings. The summed E-state index contributed by atoms with van der Waals surface area (Å²) in [4.78, 5) is 11.8. The molecule has 1 aliphatic carbocycles. The molecule has 2 unspecified atom stereocenters. The van der Waals surface area contributed by atoms with E-state index in [9.17, 15) is 18.0 Å². The van der Waals surface area contributed by atoms with Crippen LogP contribution in [0.25, 0.3) is 0 Å². The van der Waals surface area contributed by atoms with E-state index in [1.807, 2.05) is 6.92 Å². The van der Waals surface area contributed by atoms with Crippen molar-refractivity contribution in [2.75, 3.05) is 0 Å². The molecule has 0 aliphatic heterocycles. The third-order valence-electron chi connectivity index (χ3n) is 3.62. The molecule has 2 atom stereocenters. The van der Waals surface area contributed by atoms with Crippen molar-refractivity contribution in [1.29, 1.82) is 0 Å². The van der Waals surface area contributed by atoms with Crippen LogP contribution in [0, 0.1) is 11.8 Å². The minimum Gasteiger partial charge on any atom is -0.299 e. The van der Waals surface area contributed by atoms with Gasteiger partial charge in [0.15, 0.2) is 0 Å². The molecule has 0 N–H and O–H groups in total. The highest BCUT2D eigenvalue weighted by Gasteiger charge is 2.43. The average Bonchev–Trinajstić information content (AvgIpc) is 2.28. The minimum atomic E-state index is -4.12. The van der Waals surface area contributed by atoms with Crippen LogP contribution in [-0.2, 0) is 4.79 Å². The molecule has 4 heteroatoms. The van der Waals surface area contributed by atoms with E-state index in [0.29, 0.717) is 19.3 Å². The summed E-state index contributed by atoms with van der Waals surface area (Å²) in [5.41, 5.74) is 0. The summed E-state index contributed by atoms with van der Waals surface area (Å²) in [5, 5.41) is 0. The Morgan fingerprint density at radius 3 is 2.53 bits per heavy atom. The number of ketones is 1. The Balaban J connectivity index is 2.41. The van der Waals surface area contributed by atoms with E-state index >= 15 is 0 Å². The number of carbonyl (C=O) groups is 1. The van der Waals surface area contributed by atoms with E-state index in [2.05, 4.69) is 0 Å². The van der Waals surface area contributed by atoms with Crippen LogP contribution in [0.3, 0.4) is 0 Å². The molecule has 0 aromatic heterocycles. The van der Waals surface area contributed by atoms with Gasteiger partial charge in [-0.05, 0) is 25.7 Å². The van der Waals surface area contributed by atoms with E-state index in [-0.39, 0.29) is 24.5 Å². The van der Waals surface area contributed by atoms with Gasteiger partial charge in [-0.3, -0.25) is 4.79 Å². The van der Waals surface area contributed by atoms with E-state index in [1.54, 1.807) is 0 Å². The van der Waals surface area contributed by atoms with Crippen LogP contribution in [0.4, 0.5) is 13.2 Å². The third kappa shape index (κ3) is 4.68. The van der Waals surface area contributed by atoms with Crippen molar-refractivity contribution >= 4 is 5.78 Å². The summed E-state index contributed by atoms with van der Waals surface area (Å²) in [7, 11) is 0. The fraction of sp³-hybridized carbons (Fsp3) is 0.923. The molecule has 0 spiro atoms. The van der Waals surface area contributed by atoms with Crippen molar-refractivity contribution in [3.63, 3.8) is 0 Å². The fourth-order valence-corrected chi connectivity index (χ4v) is 2.53. The maximum atomic E-state index is 12.6. The maximum Gasteiger partial charge on any atom is 0.391 e. The zero-order valence-electron chi connectivity index (χ0n) is 10.4. The Kier molecular flexibility index (Phi) is 5.47. The SMILES string of the molecule is CCCCCC(=O)C1CCCC(C(F)(F)F)C1. The van der Waals surface area contributed by atoms with Gasteiger partial charge in [-0.2, -0.15) is 13.2 Å². The molecular weight excluding hydrogens is 229 g/mol. The summed E-state index contributed by atoms with van der Waals surface area (Å²) in [5.74, 6) is -1.55. The van der Waals surface area contributed by atoms with Crippen molar-refractivity contribution in [3.8, 4) is 0 Å². The first kappa shape index (κ1) is 14.5. The molecule has 0 radical (unpaired) electrons. The van der Waals surface area contributed by atoms with Gasteiger partial charge in [-0.1, -0.05) is 26.2 Å². The Hall–Kier alpha value is -0.540. The number of Topliss-reactive ketones (excluding diaryl/α,β-unsaturated/α-hetero) is 1. The summed E-state index contributed by atoms with van der Waals surface area (Å²) in [6.45, 7) is 2.05. The summed E-state index contributed by atoms with van der Waals surface area (Å²) < 4.78 is 37.7. The van der Waals surface area contributed by atoms with Gasteiger partial charge in [0.05, 0.1) is 5.92 Å². The van der Waals surface area contributed by atoms with Crippen LogP contribution in [0.1, 0.15) is 58.3 Å². The quantitative estimate of drug-likeness (QED) is 0.656. The molecule has 0 aromatic carbocycles. The van der Waals surface area contributed by atoms with Crippen molar-refractivity contribution in [1.82, 2.24) is 0 Å². The number of alkyl halides is 3. The van der Waals surface area contributed by atoms with Gasteiger partial charge in [0, 0.05) is 12.3 Å². The standard InChI is InChI=1S/C13H21F3O/c1-2-3-4-8-12(17)10-6-5-7-11(9-10)13(14,15)16/h10-11H,2-9H2,1H3. The number of carbonyl (C=O) groups excluding carboxylic acids is 1. The number of hydrogen-bond acceptors (Lipinski definition) is 1. The van der Waals surface area contributed by atoms with Crippen molar-refractivity contribution in [2.24, 2.45) is 11.8 Å². The first-order valence-corrected chi connectivity index (χ1v) is 6.54. The maximum absolute atomic E-state index is 12.6. The van der Waals surface area contributed by atoms with Gasteiger partial charge in [0.1, 0.15) is 5.78 Å². The third-order valence-corrected chi connectivity index (χ3v) is 3.62. The second kappa shape index (κ2) is 6.41. The number of unbranched alkanes of at least 4 members (excludes halogenated alkanes) is 2. The predicted molar refractivity (Wildman–Crippen MR) is 60.7 cm³/mol. The first-order valence-electron chi connectivity index (χ1n) is 6.54. The summed E-state index contributed by atoms with van der Waals surface area (Å²) >= 11 is 0. The van der Waals surface area contributed by atoms with Crippen LogP contribution in [0.2, 0.25) is 0 Å². The smallest absolute Gasteiger partial charge is 0.299 e. The highest BCUT2D eigenvalue weighted by molar-refractivity contribution is 5.81. The molecule has 1 saturated carbocycles. The lowest BCUT2D eigenvalue weighted by Crippen LogP contribution is -2.31. The summed E-state index contributed by atoms with van der Waals surface area (Å²) in [6, 6.07) is 0. The van der Waals surface area contributed by atoms with E-state index in [4.69, 9.17) is 0 Å². The Bertz CT molecular complexity index is 248. The molecule has 0 amide bonds. The number of halogens is 3. The van der Waals surface area contributed by atoms with Crippen LogP contribution < -0.4 is 0 Å². The van der Waals surface area contributed by atoms with Crippen LogP contribution in [-0.4, -0.2) is 12.0 Å². The Labute approximate surface area is 101 Å². The van der Waals surface area contributed by atoms with Gasteiger partial charge in [-0.15, -0.1) is 0 Å². The van der Waals surface area contributed by atoms with Crippen molar-refractivity contribution in [2.45, 2.75) is 64.5 Å². The monoisotopic (exact) mass is 250 g/mol. The highest BCUT2D eigenvalue weighted by Crippen LogP contribution is 2.40. The molecule has 1 rings (SSSR count). The van der Waals surface area contributed by atoms with E-state index < -0.39 is 12.1 Å². The molecule has 1 nitrogen and oxygen atoms in total. The zero-order chi connectivity index (χ0) is 12.9. The van der Waals surface area contributed by atoms with Gasteiger partial charge in [0.2, 0.25) is 0 Å². The van der Waals surface area contributed by atoms with E-state index in [1.165, 1.54) is 0 Å². The normalized spacial score (nSPS) is 25.9. The van der Waals surface area contributed by atoms with Gasteiger partial charge in [0.25, 0.3) is 0 Å². The topological polar surface area (TPSA) is 17.1 Å². The molecule has 0 bridgehead atoms. The largest absolute Gasteiger partial charge is 0.391 e. The lowest BCUT2D eigenvalue weighted by atomic mass is 9.78.